The van der Waals surface area contributed by atoms with Crippen molar-refractivity contribution in [3.63, 3.8) is 0 Å². The summed E-state index contributed by atoms with van der Waals surface area (Å²) in [6.07, 6.45) is 2.27. The summed E-state index contributed by atoms with van der Waals surface area (Å²) in [7, 11) is 3.37. The van der Waals surface area contributed by atoms with E-state index in [0.29, 0.717) is 41.7 Å². The van der Waals surface area contributed by atoms with Crippen molar-refractivity contribution in [2.75, 3.05) is 27.3 Å². The highest BCUT2D eigenvalue weighted by Crippen LogP contribution is 2.42. The summed E-state index contributed by atoms with van der Waals surface area (Å²) >= 11 is 0. The van der Waals surface area contributed by atoms with Crippen LogP contribution in [0.4, 0.5) is 8.78 Å². The Bertz CT molecular complexity index is 1270. The molecule has 2 amide bonds. The van der Waals surface area contributed by atoms with Gasteiger partial charge in [0.1, 0.15) is 5.69 Å². The van der Waals surface area contributed by atoms with Crippen LogP contribution in [0.15, 0.2) is 24.3 Å². The molecule has 8 nitrogen and oxygen atoms in total. The van der Waals surface area contributed by atoms with Gasteiger partial charge in [0.05, 0.1) is 18.7 Å². The number of nitrogens with one attached hydrogen (secondary N) is 2. The molecule has 2 N–H and O–H groups in total. The van der Waals surface area contributed by atoms with Crippen molar-refractivity contribution in [2.45, 2.75) is 44.2 Å². The molecule has 180 valence electrons. The number of hydrogen-bond donors (Lipinski definition) is 2. The molecule has 5 rings (SSSR count). The Kier molecular flexibility index (Phi) is 5.23. The number of carbonyl (C=O) groups excluding carboxylic acids is 2. The van der Waals surface area contributed by atoms with E-state index in [4.69, 9.17) is 4.74 Å². The maximum absolute atomic E-state index is 14.0. The molecular formula is C24H27F2N5O3. The smallest absolute Gasteiger partial charge is 0.274 e. The van der Waals surface area contributed by atoms with E-state index in [-0.39, 0.29) is 35.2 Å². The highest BCUT2D eigenvalue weighted by molar-refractivity contribution is 5.99. The number of aromatic amines is 2. The van der Waals surface area contributed by atoms with Crippen LogP contribution in [0.1, 0.15) is 57.6 Å². The number of nitrogens with zero attached hydrogens (tertiary/aromatic N) is 3. The summed E-state index contributed by atoms with van der Waals surface area (Å²) in [4.78, 5) is 32.8. The lowest BCUT2D eigenvalue weighted by Gasteiger charge is -2.29. The number of methoxy groups -OCH3 is 1. The van der Waals surface area contributed by atoms with Crippen LogP contribution in [0, 0.1) is 0 Å². The van der Waals surface area contributed by atoms with Gasteiger partial charge in [-0.25, -0.2) is 8.78 Å². The Morgan fingerprint density at radius 1 is 1.32 bits per heavy atom. The van der Waals surface area contributed by atoms with Crippen molar-refractivity contribution in [3.8, 4) is 0 Å². The Morgan fingerprint density at radius 3 is 2.76 bits per heavy atom. The maximum Gasteiger partial charge on any atom is 0.274 e. The van der Waals surface area contributed by atoms with E-state index in [1.54, 1.807) is 36.1 Å². The van der Waals surface area contributed by atoms with Gasteiger partial charge in [-0.3, -0.25) is 14.7 Å². The van der Waals surface area contributed by atoms with E-state index >= 15 is 0 Å². The molecule has 1 saturated carbocycles. The van der Waals surface area contributed by atoms with Crippen molar-refractivity contribution < 1.29 is 23.1 Å². The van der Waals surface area contributed by atoms with Crippen LogP contribution in [0.2, 0.25) is 0 Å². The molecule has 0 spiro atoms. The fourth-order valence-electron chi connectivity index (χ4n) is 4.83. The number of alkyl halides is 2. The minimum absolute atomic E-state index is 0.128. The summed E-state index contributed by atoms with van der Waals surface area (Å²) in [5.74, 6) is -3.54. The highest BCUT2D eigenvalue weighted by Gasteiger charge is 2.49. The van der Waals surface area contributed by atoms with Gasteiger partial charge in [0.25, 0.3) is 17.7 Å². The normalized spacial score (nSPS) is 17.0. The number of halogens is 2. The third-order valence-corrected chi connectivity index (χ3v) is 7.05. The second-order valence-corrected chi connectivity index (χ2v) is 9.37. The zero-order valence-corrected chi connectivity index (χ0v) is 19.4. The number of aromatic nitrogens is 3. The molecule has 2 aromatic heterocycles. The third kappa shape index (κ3) is 3.66. The van der Waals surface area contributed by atoms with E-state index in [9.17, 15) is 18.4 Å². The fourth-order valence-corrected chi connectivity index (χ4v) is 4.83. The molecule has 3 heterocycles. The van der Waals surface area contributed by atoms with Crippen molar-refractivity contribution in [1.29, 1.82) is 0 Å². The number of fused-ring (bicyclic) bond motifs is 2. The van der Waals surface area contributed by atoms with Gasteiger partial charge in [-0.15, -0.1) is 0 Å². The minimum atomic E-state index is -3.03. The Balaban J connectivity index is 1.40. The lowest BCUT2D eigenvalue weighted by Crippen LogP contribution is -2.43. The topological polar surface area (TPSA) is 94.3 Å². The van der Waals surface area contributed by atoms with Crippen LogP contribution < -0.4 is 0 Å². The van der Waals surface area contributed by atoms with Gasteiger partial charge in [0.2, 0.25) is 0 Å². The summed E-state index contributed by atoms with van der Waals surface area (Å²) in [5, 5.41) is 7.55. The SMILES string of the molecule is COCC1(N(C)C(=O)c2n[nH]c3c2CN(C(=O)c2cc4c(C(C)(F)F)cccc4[nH]2)CC3)CC1. The molecule has 0 bridgehead atoms. The number of carbonyl (C=O) groups is 2. The van der Waals surface area contributed by atoms with Crippen LogP contribution in [0.5, 0.6) is 0 Å². The van der Waals surface area contributed by atoms with Crippen molar-refractivity contribution in [2.24, 2.45) is 0 Å². The van der Waals surface area contributed by atoms with Gasteiger partial charge in [0, 0.05) is 61.8 Å². The molecule has 1 aliphatic heterocycles. The number of benzene rings is 1. The lowest BCUT2D eigenvalue weighted by atomic mass is 10.0. The summed E-state index contributed by atoms with van der Waals surface area (Å²) in [6, 6.07) is 6.07. The third-order valence-electron chi connectivity index (χ3n) is 7.05. The molecule has 2 aliphatic rings. The first-order valence-electron chi connectivity index (χ1n) is 11.3. The van der Waals surface area contributed by atoms with Crippen LogP contribution >= 0.6 is 0 Å². The van der Waals surface area contributed by atoms with Gasteiger partial charge in [-0.05, 0) is 25.0 Å². The number of H-pyrrole nitrogens is 2. The molecule has 1 aromatic carbocycles. The van der Waals surface area contributed by atoms with E-state index < -0.39 is 5.92 Å². The zero-order chi connectivity index (χ0) is 24.3. The number of amides is 2. The van der Waals surface area contributed by atoms with E-state index in [0.717, 1.165) is 25.5 Å². The largest absolute Gasteiger partial charge is 0.382 e. The van der Waals surface area contributed by atoms with Crippen LogP contribution in [0.25, 0.3) is 10.9 Å². The summed E-state index contributed by atoms with van der Waals surface area (Å²) in [6.45, 7) is 1.95. The van der Waals surface area contributed by atoms with Crippen molar-refractivity contribution in [3.05, 3.63) is 52.5 Å². The molecule has 1 fully saturated rings. The quantitative estimate of drug-likeness (QED) is 0.576. The predicted molar refractivity (Wildman–Crippen MR) is 121 cm³/mol. The molecular weight excluding hydrogens is 444 g/mol. The predicted octanol–water partition coefficient (Wildman–Crippen LogP) is 3.45. The van der Waals surface area contributed by atoms with E-state index in [2.05, 4.69) is 15.2 Å². The molecule has 0 radical (unpaired) electrons. The summed E-state index contributed by atoms with van der Waals surface area (Å²) in [5.41, 5.74) is 2.13. The second-order valence-electron chi connectivity index (χ2n) is 9.37. The number of likely N-dealkylation sites (N-methyl/N-ethyl adjacent to an activating group) is 1. The van der Waals surface area contributed by atoms with Gasteiger partial charge in [-0.1, -0.05) is 12.1 Å². The number of rotatable bonds is 6. The Labute approximate surface area is 195 Å². The molecule has 0 unspecified atom stereocenters. The molecule has 1 aliphatic carbocycles. The van der Waals surface area contributed by atoms with Gasteiger partial charge in [-0.2, -0.15) is 5.10 Å². The van der Waals surface area contributed by atoms with Crippen LogP contribution in [-0.4, -0.2) is 69.6 Å². The molecule has 0 atom stereocenters. The van der Waals surface area contributed by atoms with Gasteiger partial charge < -0.3 is 19.5 Å². The number of ether oxygens (including phenoxy) is 1. The van der Waals surface area contributed by atoms with Crippen LogP contribution in [0.3, 0.4) is 0 Å². The Morgan fingerprint density at radius 2 is 2.09 bits per heavy atom. The standard InChI is InChI=1S/C24H27F2N5O3/c1-23(25,26)16-5-4-6-17-14(16)11-19(27-17)21(32)31-10-7-18-15(12-31)20(29-28-18)22(33)30(2)24(8-9-24)13-34-3/h4-6,11,27H,7-10,12-13H2,1-3H3,(H,28,29). The lowest BCUT2D eigenvalue weighted by molar-refractivity contribution is 0.0191. The molecule has 34 heavy (non-hydrogen) atoms. The van der Waals surface area contributed by atoms with Crippen molar-refractivity contribution in [1.82, 2.24) is 25.0 Å². The average molecular weight is 472 g/mol. The average Bonchev–Trinajstić information content (AvgIpc) is 3.27. The first-order valence-corrected chi connectivity index (χ1v) is 11.3. The molecule has 0 saturated heterocycles. The minimum Gasteiger partial charge on any atom is -0.382 e. The summed E-state index contributed by atoms with van der Waals surface area (Å²) < 4.78 is 33.4. The van der Waals surface area contributed by atoms with Crippen molar-refractivity contribution >= 4 is 22.7 Å². The maximum atomic E-state index is 14.0. The zero-order valence-electron chi connectivity index (χ0n) is 19.4. The fraction of sp³-hybridized carbons (Fsp3) is 0.458. The van der Waals surface area contributed by atoms with Gasteiger partial charge in [0.15, 0.2) is 5.69 Å². The van der Waals surface area contributed by atoms with Crippen LogP contribution in [-0.2, 0) is 23.6 Å². The second kappa shape index (κ2) is 7.90. The number of hydrogen-bond acceptors (Lipinski definition) is 4. The first-order chi connectivity index (χ1) is 16.1. The van der Waals surface area contributed by atoms with E-state index in [1.165, 1.54) is 12.1 Å². The van der Waals surface area contributed by atoms with E-state index in [1.807, 2.05) is 0 Å². The monoisotopic (exact) mass is 471 g/mol. The Hall–Kier alpha value is -3.27. The molecule has 3 aromatic rings. The molecule has 10 heteroatoms. The van der Waals surface area contributed by atoms with Gasteiger partial charge >= 0.3 is 0 Å². The highest BCUT2D eigenvalue weighted by atomic mass is 19.3. The first kappa shape index (κ1) is 22.5.